The zero-order valence-electron chi connectivity index (χ0n) is 6.56. The molecule has 1 unspecified atom stereocenters. The van der Waals surface area contributed by atoms with E-state index in [1.54, 1.807) is 11.1 Å². The molecule has 56 valence electrons. The summed E-state index contributed by atoms with van der Waals surface area (Å²) in [5.74, 6) is 0. The van der Waals surface area contributed by atoms with Crippen LogP contribution in [0.2, 0.25) is 5.54 Å². The maximum absolute atomic E-state index is 2.40. The van der Waals surface area contributed by atoms with Gasteiger partial charge in [0.1, 0.15) is 0 Å². The first-order chi connectivity index (χ1) is 4.88. The van der Waals surface area contributed by atoms with E-state index in [2.05, 4.69) is 12.2 Å². The molecule has 0 saturated heterocycles. The van der Waals surface area contributed by atoms with Crippen LogP contribution in [0.25, 0.3) is 0 Å². The van der Waals surface area contributed by atoms with E-state index in [4.69, 9.17) is 0 Å². The van der Waals surface area contributed by atoms with Gasteiger partial charge in [0.15, 0.2) is 0 Å². The number of rotatable bonds is 0. The summed E-state index contributed by atoms with van der Waals surface area (Å²) < 4.78 is 0. The van der Waals surface area contributed by atoms with Crippen molar-refractivity contribution in [3.63, 3.8) is 0 Å². The van der Waals surface area contributed by atoms with Gasteiger partial charge in [0.2, 0.25) is 0 Å². The first kappa shape index (κ1) is 9.38. The molecular formula is C9H15LiSi. The Labute approximate surface area is 83.7 Å². The second-order valence-electron chi connectivity index (χ2n) is 3.41. The fourth-order valence-electron chi connectivity index (χ4n) is 2.04. The molecule has 0 fully saturated rings. The Kier molecular flexibility index (Phi) is 3.24. The smallest absolute Gasteiger partial charge is 0.0167 e. The summed E-state index contributed by atoms with van der Waals surface area (Å²) in [6.45, 7) is 0. The van der Waals surface area contributed by atoms with E-state index in [1.807, 2.05) is 0 Å². The molecule has 0 bridgehead atoms. The monoisotopic (exact) mass is 158 g/mol. The predicted molar refractivity (Wildman–Crippen MR) is 55.5 cm³/mol. The van der Waals surface area contributed by atoms with Crippen LogP contribution in [0.4, 0.5) is 0 Å². The molecule has 0 N–H and O–H groups in total. The van der Waals surface area contributed by atoms with Gasteiger partial charge < -0.3 is 0 Å². The minimum atomic E-state index is 0. The van der Waals surface area contributed by atoms with Gasteiger partial charge in [0.25, 0.3) is 0 Å². The average Bonchev–Trinajstić information content (AvgIpc) is 2.34. The maximum Gasteiger partial charge on any atom is 0.0167 e. The summed E-state index contributed by atoms with van der Waals surface area (Å²) in [4.78, 5) is 0. The topological polar surface area (TPSA) is 0 Å². The minimum Gasteiger partial charge on any atom is -0.0808 e. The van der Waals surface area contributed by atoms with Crippen LogP contribution in [0, 0.1) is 0 Å². The largest absolute Gasteiger partial charge is 0.0808 e. The summed E-state index contributed by atoms with van der Waals surface area (Å²) in [7, 11) is 1.33. The molecule has 0 heterocycles. The Balaban J connectivity index is 0.000000605. The molecule has 2 rings (SSSR count). The van der Waals surface area contributed by atoms with Crippen molar-refractivity contribution in [1.82, 2.24) is 0 Å². The van der Waals surface area contributed by atoms with Crippen LogP contribution in [0.3, 0.4) is 0 Å². The first-order valence-electron chi connectivity index (χ1n) is 4.28. The van der Waals surface area contributed by atoms with Crippen molar-refractivity contribution in [3.05, 3.63) is 23.3 Å². The van der Waals surface area contributed by atoms with Gasteiger partial charge in [-0.1, -0.05) is 17.7 Å². The predicted octanol–water partition coefficient (Wildman–Crippen LogP) is 0.932. The van der Waals surface area contributed by atoms with Gasteiger partial charge in [-0.05, 0) is 36.8 Å². The third-order valence-corrected chi connectivity index (χ3v) is 3.77. The summed E-state index contributed by atoms with van der Waals surface area (Å²) >= 11 is 0. The number of hydrogen-bond donors (Lipinski definition) is 0. The molecule has 0 aromatic heterocycles. The SMILES string of the molecule is [LiH].[SiH3]C1C=CC2=C1CCCC2. The molecule has 0 amide bonds. The van der Waals surface area contributed by atoms with Gasteiger partial charge in [0.05, 0.1) is 0 Å². The molecule has 0 aliphatic heterocycles. The fourth-order valence-corrected chi connectivity index (χ4v) is 2.89. The van der Waals surface area contributed by atoms with Crippen molar-refractivity contribution >= 4 is 29.1 Å². The van der Waals surface area contributed by atoms with Crippen molar-refractivity contribution < 1.29 is 0 Å². The van der Waals surface area contributed by atoms with Gasteiger partial charge >= 0.3 is 18.9 Å². The Morgan fingerprint density at radius 3 is 2.73 bits per heavy atom. The van der Waals surface area contributed by atoms with Gasteiger partial charge in [-0.2, -0.15) is 0 Å². The quantitative estimate of drug-likeness (QED) is 0.460. The standard InChI is InChI=1S/C9H14Si.Li.H/c10-9-6-5-7-3-1-2-4-8(7)9;;/h5-6,9H,1-4H2,10H3;;. The zero-order valence-corrected chi connectivity index (χ0v) is 8.56. The Bertz CT molecular complexity index is 206. The maximum atomic E-state index is 2.40. The number of hydrogen-bond acceptors (Lipinski definition) is 0. The van der Waals surface area contributed by atoms with Crippen molar-refractivity contribution in [2.24, 2.45) is 0 Å². The molecule has 0 spiro atoms. The molecular weight excluding hydrogens is 143 g/mol. The van der Waals surface area contributed by atoms with Crippen molar-refractivity contribution in [2.75, 3.05) is 0 Å². The summed E-state index contributed by atoms with van der Waals surface area (Å²) in [5, 5.41) is 0. The van der Waals surface area contributed by atoms with Crippen LogP contribution in [0.1, 0.15) is 25.7 Å². The molecule has 0 aromatic carbocycles. The number of allylic oxidation sites excluding steroid dienone is 4. The summed E-state index contributed by atoms with van der Waals surface area (Å²) in [6.07, 6.45) is 10.4. The van der Waals surface area contributed by atoms with Crippen LogP contribution in [0.15, 0.2) is 23.3 Å². The third kappa shape index (κ3) is 1.72. The molecule has 0 aromatic rings. The van der Waals surface area contributed by atoms with E-state index < -0.39 is 0 Å². The first-order valence-corrected chi connectivity index (χ1v) is 5.43. The van der Waals surface area contributed by atoms with Gasteiger partial charge in [-0.25, -0.2) is 0 Å². The Hall–Kier alpha value is 0.294. The minimum absolute atomic E-state index is 0. The second-order valence-corrected chi connectivity index (χ2v) is 4.65. The van der Waals surface area contributed by atoms with Gasteiger partial charge in [-0.3, -0.25) is 0 Å². The van der Waals surface area contributed by atoms with E-state index in [9.17, 15) is 0 Å². The van der Waals surface area contributed by atoms with E-state index in [1.165, 1.54) is 35.9 Å². The van der Waals surface area contributed by atoms with Gasteiger partial charge in [-0.15, -0.1) is 0 Å². The summed E-state index contributed by atoms with van der Waals surface area (Å²) in [6, 6.07) is 0. The van der Waals surface area contributed by atoms with Crippen LogP contribution in [-0.4, -0.2) is 29.1 Å². The van der Waals surface area contributed by atoms with Crippen molar-refractivity contribution in [3.8, 4) is 0 Å². The molecule has 0 saturated carbocycles. The molecule has 11 heavy (non-hydrogen) atoms. The van der Waals surface area contributed by atoms with E-state index in [-0.39, 0.29) is 18.9 Å². The third-order valence-electron chi connectivity index (χ3n) is 2.69. The normalized spacial score (nSPS) is 28.5. The molecule has 0 nitrogen and oxygen atoms in total. The zero-order chi connectivity index (χ0) is 6.97. The fraction of sp³-hybridized carbons (Fsp3) is 0.556. The van der Waals surface area contributed by atoms with Crippen LogP contribution in [-0.2, 0) is 0 Å². The molecule has 0 radical (unpaired) electrons. The van der Waals surface area contributed by atoms with Crippen LogP contribution >= 0.6 is 0 Å². The van der Waals surface area contributed by atoms with Gasteiger partial charge in [0, 0.05) is 10.2 Å². The molecule has 1 atom stereocenters. The second kappa shape index (κ2) is 3.80. The van der Waals surface area contributed by atoms with Crippen LogP contribution < -0.4 is 0 Å². The van der Waals surface area contributed by atoms with Crippen LogP contribution in [0.5, 0.6) is 0 Å². The average molecular weight is 158 g/mol. The Morgan fingerprint density at radius 1 is 1.27 bits per heavy atom. The molecule has 2 aliphatic rings. The van der Waals surface area contributed by atoms with E-state index in [0.717, 1.165) is 5.54 Å². The van der Waals surface area contributed by atoms with E-state index in [0.29, 0.717) is 0 Å². The molecule has 2 heteroatoms. The Morgan fingerprint density at radius 2 is 2.00 bits per heavy atom. The van der Waals surface area contributed by atoms with Crippen molar-refractivity contribution in [2.45, 2.75) is 31.2 Å². The van der Waals surface area contributed by atoms with Crippen molar-refractivity contribution in [1.29, 1.82) is 0 Å². The summed E-state index contributed by atoms with van der Waals surface area (Å²) in [5.41, 5.74) is 4.37. The molecule has 2 aliphatic carbocycles. The van der Waals surface area contributed by atoms with E-state index >= 15 is 0 Å².